The Kier molecular flexibility index (Phi) is 15.6. The summed E-state index contributed by atoms with van der Waals surface area (Å²) in [6, 6.07) is 131. The summed E-state index contributed by atoms with van der Waals surface area (Å²) in [7, 11) is 0. The molecule has 9 nitrogen and oxygen atoms in total. The van der Waals surface area contributed by atoms with Gasteiger partial charge in [-0.1, -0.05) is 297 Å². The number of hydrogen-bond donors (Lipinski definition) is 0. The van der Waals surface area contributed by atoms with E-state index in [9.17, 15) is 0 Å². The van der Waals surface area contributed by atoms with E-state index in [1.807, 2.05) is 96.3 Å². The fourth-order valence-electron chi connectivity index (χ4n) is 17.1. The van der Waals surface area contributed by atoms with Gasteiger partial charge in [-0.3, -0.25) is 0 Å². The highest BCUT2D eigenvalue weighted by molar-refractivity contribution is 7.25. The van der Waals surface area contributed by atoms with Crippen LogP contribution in [-0.4, -0.2) is 29.9 Å². The number of fused-ring (bicyclic) bond motifs is 20. The largest absolute Gasteiger partial charge is 0.456 e. The maximum absolute atomic E-state index is 6.40. The van der Waals surface area contributed by atoms with E-state index in [0.29, 0.717) is 11.6 Å². The fourth-order valence-corrected chi connectivity index (χ4v) is 18.2. The van der Waals surface area contributed by atoms with Gasteiger partial charge in [-0.2, -0.15) is 0 Å². The van der Waals surface area contributed by atoms with Crippen LogP contribution in [0.2, 0.25) is 0 Å². The van der Waals surface area contributed by atoms with Crippen LogP contribution < -0.4 is 0 Å². The van der Waals surface area contributed by atoms with Crippen molar-refractivity contribution in [3.8, 4) is 113 Å². The number of aromatic nitrogens is 6. The van der Waals surface area contributed by atoms with Crippen molar-refractivity contribution in [2.45, 2.75) is 0 Å². The van der Waals surface area contributed by atoms with Crippen molar-refractivity contribution in [2.24, 2.45) is 0 Å². The number of benzene rings is 16. The summed E-state index contributed by atoms with van der Waals surface area (Å²) < 4.78 is 21.6. The molecule has 0 saturated heterocycles. The third-order valence-corrected chi connectivity index (χ3v) is 23.7. The Morgan fingerprint density at radius 2 is 0.526 bits per heavy atom. The minimum atomic E-state index is 0.665. The smallest absolute Gasteiger partial charge is 0.160 e. The lowest BCUT2D eigenvalue weighted by Gasteiger charge is -2.14. The second-order valence-corrected chi connectivity index (χ2v) is 30.5. The third kappa shape index (κ3) is 11.3. The summed E-state index contributed by atoms with van der Waals surface area (Å²) in [4.78, 5) is 31.4. The van der Waals surface area contributed by atoms with Crippen LogP contribution in [0.15, 0.2) is 389 Å². The van der Waals surface area contributed by atoms with Crippen molar-refractivity contribution in [3.63, 3.8) is 0 Å². The summed E-state index contributed by atoms with van der Waals surface area (Å²) in [5.74, 6) is 1.36. The number of furan rings is 3. The van der Waals surface area contributed by atoms with Crippen LogP contribution in [-0.2, 0) is 0 Å². The van der Waals surface area contributed by atoms with Crippen LogP contribution in [0.5, 0.6) is 0 Å². The Morgan fingerprint density at radius 1 is 0.181 bits per heavy atom. The Labute approximate surface area is 668 Å². The van der Waals surface area contributed by atoms with E-state index in [0.717, 1.165) is 210 Å². The maximum Gasteiger partial charge on any atom is 0.160 e. The average Bonchev–Trinajstić information content (AvgIpc) is 1.44. The molecule has 0 bridgehead atoms. The van der Waals surface area contributed by atoms with E-state index in [4.69, 9.17) is 43.2 Å². The maximum atomic E-state index is 6.40. The molecule has 0 radical (unpaired) electrons. The molecule has 0 aliphatic carbocycles. The molecule has 0 N–H and O–H groups in total. The molecule has 0 aliphatic heterocycles. The van der Waals surface area contributed by atoms with Gasteiger partial charge in [-0.15, -0.1) is 11.3 Å². The first-order valence-electron chi connectivity index (χ1n) is 38.9. The van der Waals surface area contributed by atoms with Crippen LogP contribution in [0.3, 0.4) is 0 Å². The molecule has 0 saturated carbocycles. The van der Waals surface area contributed by atoms with Crippen molar-refractivity contribution in [1.82, 2.24) is 29.9 Å². The normalized spacial score (nSPS) is 11.8. The summed E-state index contributed by atoms with van der Waals surface area (Å²) in [5.41, 5.74) is 24.8. The molecule has 0 atom stereocenters. The quantitative estimate of drug-likeness (QED) is 0.123. The van der Waals surface area contributed by atoms with E-state index >= 15 is 0 Å². The predicted octanol–water partition coefficient (Wildman–Crippen LogP) is 29.1. The first-order chi connectivity index (χ1) is 57.5. The number of rotatable bonds is 10. The fraction of sp³-hybridized carbons (Fsp3) is 0. The highest BCUT2D eigenvalue weighted by atomic mass is 32.1. The second kappa shape index (κ2) is 27.2. The van der Waals surface area contributed by atoms with E-state index in [-0.39, 0.29) is 0 Å². The van der Waals surface area contributed by atoms with Crippen LogP contribution in [0.4, 0.5) is 0 Å². The van der Waals surface area contributed by atoms with Crippen LogP contribution in [0.1, 0.15) is 0 Å². The molecule has 8 aromatic heterocycles. The number of thiophene rings is 1. The van der Waals surface area contributed by atoms with E-state index < -0.39 is 0 Å². The zero-order chi connectivity index (χ0) is 76.3. The van der Waals surface area contributed by atoms with Gasteiger partial charge in [0.25, 0.3) is 0 Å². The van der Waals surface area contributed by atoms with E-state index in [1.165, 1.54) is 20.2 Å². The van der Waals surface area contributed by atoms with Gasteiger partial charge in [0, 0.05) is 140 Å². The van der Waals surface area contributed by atoms with Gasteiger partial charge in [0.05, 0.1) is 45.2 Å². The third-order valence-electron chi connectivity index (χ3n) is 22.6. The zero-order valence-electron chi connectivity index (χ0n) is 62.1. The van der Waals surface area contributed by atoms with E-state index in [2.05, 4.69) is 291 Å². The van der Waals surface area contributed by atoms with Crippen molar-refractivity contribution in [1.29, 1.82) is 0 Å². The molecule has 0 aliphatic rings. The van der Waals surface area contributed by atoms with Gasteiger partial charge in [0.1, 0.15) is 33.5 Å². The lowest BCUT2D eigenvalue weighted by molar-refractivity contribution is 0.668. The molecular formula is C106H62N6O3S. The molecule has 8 heterocycles. The Morgan fingerprint density at radius 3 is 1.02 bits per heavy atom. The first-order valence-corrected chi connectivity index (χ1v) is 39.7. The lowest BCUT2D eigenvalue weighted by Crippen LogP contribution is -1.96. The van der Waals surface area contributed by atoms with Gasteiger partial charge in [-0.05, 0) is 90.0 Å². The van der Waals surface area contributed by atoms with Gasteiger partial charge in [0.2, 0.25) is 0 Å². The first kappa shape index (κ1) is 66.4. The van der Waals surface area contributed by atoms with Crippen LogP contribution in [0, 0.1) is 0 Å². The van der Waals surface area contributed by atoms with Crippen molar-refractivity contribution < 1.29 is 13.3 Å². The van der Waals surface area contributed by atoms with Crippen molar-refractivity contribution >= 4 is 141 Å². The number of pyridine rings is 2. The molecule has 0 amide bonds. The average molecular weight is 1500 g/mol. The highest BCUT2D eigenvalue weighted by Crippen LogP contribution is 2.47. The van der Waals surface area contributed by atoms with E-state index in [1.54, 1.807) is 0 Å². The molecule has 0 spiro atoms. The summed E-state index contributed by atoms with van der Waals surface area (Å²) in [6.07, 6.45) is 0. The monoisotopic (exact) mass is 1500 g/mol. The summed E-state index contributed by atoms with van der Waals surface area (Å²) in [6.45, 7) is 0. The molecule has 0 unspecified atom stereocenters. The standard InChI is InChI=1S/C53H31N3O2.C53H31N3OS/c1-3-12-34(13-4-1)51-42-28-29-47-50(40-17-8-10-21-46(40)57-47)49(42)41-19-11-18-37(52(41)56-51)32-22-24-33(25-23-32)43-31-44(55-53(54-43)35-14-5-2-6-15-35)36-26-27-39-38-16-7-9-20-45(38)58-48(39)30-36;1-3-12-34(13-4-1)51-42-28-29-46-50(40-17-7-9-20-45(40)57-46)49(42)41-19-11-18-37(52(41)56-51)32-22-24-33(25-23-32)43-31-44(55-53(54-43)35-14-5-2-6-15-35)36-26-27-39-38-16-8-10-21-47(38)58-48(39)30-36/h2*1-31H. The predicted molar refractivity (Wildman–Crippen MR) is 479 cm³/mol. The summed E-state index contributed by atoms with van der Waals surface area (Å²) >= 11 is 1.82. The van der Waals surface area contributed by atoms with Gasteiger partial charge < -0.3 is 13.3 Å². The number of para-hydroxylation sites is 5. The molecule has 116 heavy (non-hydrogen) atoms. The lowest BCUT2D eigenvalue weighted by atomic mass is 9.93. The molecule has 0 fully saturated rings. The van der Waals surface area contributed by atoms with Crippen molar-refractivity contribution in [2.75, 3.05) is 0 Å². The van der Waals surface area contributed by atoms with Crippen LogP contribution >= 0.6 is 11.3 Å². The van der Waals surface area contributed by atoms with Crippen LogP contribution in [0.25, 0.3) is 242 Å². The number of nitrogens with zero attached hydrogens (tertiary/aromatic N) is 6. The second-order valence-electron chi connectivity index (χ2n) is 29.4. The highest BCUT2D eigenvalue weighted by Gasteiger charge is 2.24. The summed E-state index contributed by atoms with van der Waals surface area (Å²) in [5, 5.41) is 15.9. The topological polar surface area (TPSA) is 117 Å². The van der Waals surface area contributed by atoms with Gasteiger partial charge >= 0.3 is 0 Å². The Balaban J connectivity index is 0.000000137. The molecular weight excluding hydrogens is 1440 g/mol. The number of hydrogen-bond acceptors (Lipinski definition) is 10. The Hall–Kier alpha value is -15.4. The molecule has 10 heteroatoms. The molecule has 16 aromatic carbocycles. The minimum Gasteiger partial charge on any atom is -0.456 e. The van der Waals surface area contributed by atoms with Crippen molar-refractivity contribution in [3.05, 3.63) is 376 Å². The minimum absolute atomic E-state index is 0.665. The van der Waals surface area contributed by atoms with Gasteiger partial charge in [0.15, 0.2) is 11.6 Å². The SMILES string of the molecule is c1ccc(-c2nc(-c3ccc(-c4cccc5c4nc(-c4ccccc4)c4ccc6oc7ccccc7c6c45)cc3)cc(-c3ccc4c(c3)oc3ccccc34)n2)cc1.c1ccc(-c2nc(-c3ccc(-c4cccc5c4nc(-c4ccccc4)c4ccc6oc7ccccc7c6c45)cc3)cc(-c3ccc4c(c3)sc3ccccc34)n2)cc1. The van der Waals surface area contributed by atoms with Gasteiger partial charge in [-0.25, -0.2) is 29.9 Å². The molecule has 540 valence electrons. The molecule has 24 rings (SSSR count). The Bertz CT molecular complexity index is 7580. The molecule has 24 aromatic rings. The zero-order valence-corrected chi connectivity index (χ0v) is 62.9.